The van der Waals surface area contributed by atoms with Crippen LogP contribution in [0, 0.1) is 6.92 Å². The molecule has 0 spiro atoms. The molecule has 24 heavy (non-hydrogen) atoms. The Morgan fingerprint density at radius 3 is 2.62 bits per heavy atom. The summed E-state index contributed by atoms with van der Waals surface area (Å²) in [5.74, 6) is 0.594. The second-order valence-corrected chi connectivity index (χ2v) is 6.27. The first-order chi connectivity index (χ1) is 11.5. The molecule has 1 unspecified atom stereocenters. The summed E-state index contributed by atoms with van der Waals surface area (Å²) in [5.41, 5.74) is 6.34. The molecule has 2 rings (SSSR count). The second-order valence-electron chi connectivity index (χ2n) is 5.29. The minimum Gasteiger partial charge on any atom is -0.492 e. The van der Waals surface area contributed by atoms with Crippen LogP contribution < -0.4 is 21.1 Å². The monoisotopic (exact) mass is 347 g/mol. The van der Waals surface area contributed by atoms with Crippen LogP contribution in [-0.4, -0.2) is 25.1 Å². The third-order valence-corrected chi connectivity index (χ3v) is 4.29. The molecule has 0 bridgehead atoms. The van der Waals surface area contributed by atoms with Crippen LogP contribution in [0.3, 0.4) is 0 Å². The van der Waals surface area contributed by atoms with Crippen LogP contribution in [0.1, 0.15) is 22.9 Å². The molecule has 0 saturated heterocycles. The van der Waals surface area contributed by atoms with Crippen molar-refractivity contribution in [1.82, 2.24) is 10.6 Å². The number of carbonyl (C=O) groups excluding carboxylic acids is 2. The smallest absolute Gasteiger partial charge is 0.312 e. The lowest BCUT2D eigenvalue weighted by molar-refractivity contribution is -0.121. The van der Waals surface area contributed by atoms with Gasteiger partial charge in [0, 0.05) is 4.88 Å². The van der Waals surface area contributed by atoms with Crippen molar-refractivity contribution < 1.29 is 14.3 Å². The minimum atomic E-state index is -0.649. The molecule has 6 nitrogen and oxygen atoms in total. The number of rotatable bonds is 8. The zero-order valence-electron chi connectivity index (χ0n) is 13.5. The molecule has 2 aromatic rings. The van der Waals surface area contributed by atoms with Gasteiger partial charge in [0.1, 0.15) is 12.4 Å². The van der Waals surface area contributed by atoms with Crippen LogP contribution in [-0.2, 0) is 4.79 Å². The lowest BCUT2D eigenvalue weighted by atomic mass is 10.1. The Bertz CT molecular complexity index is 656. The third kappa shape index (κ3) is 5.92. The van der Waals surface area contributed by atoms with E-state index in [1.165, 1.54) is 11.3 Å². The molecule has 0 fully saturated rings. The number of thiophene rings is 1. The largest absolute Gasteiger partial charge is 0.492 e. The highest BCUT2D eigenvalue weighted by molar-refractivity contribution is 7.10. The van der Waals surface area contributed by atoms with Gasteiger partial charge in [0.05, 0.1) is 19.0 Å². The Morgan fingerprint density at radius 1 is 1.25 bits per heavy atom. The van der Waals surface area contributed by atoms with Gasteiger partial charge >= 0.3 is 6.03 Å². The number of hydrogen-bond acceptors (Lipinski definition) is 4. The summed E-state index contributed by atoms with van der Waals surface area (Å²) in [7, 11) is 0. The van der Waals surface area contributed by atoms with Crippen molar-refractivity contribution in [2.45, 2.75) is 19.4 Å². The number of carbonyl (C=O) groups is 2. The molecule has 0 aliphatic carbocycles. The van der Waals surface area contributed by atoms with E-state index >= 15 is 0 Å². The van der Waals surface area contributed by atoms with E-state index in [2.05, 4.69) is 10.6 Å². The molecule has 1 atom stereocenters. The van der Waals surface area contributed by atoms with Crippen LogP contribution in [0.2, 0.25) is 0 Å². The van der Waals surface area contributed by atoms with Crippen molar-refractivity contribution in [3.05, 3.63) is 52.2 Å². The number of benzene rings is 1. The first-order valence-electron chi connectivity index (χ1n) is 7.60. The van der Waals surface area contributed by atoms with Crippen LogP contribution in [0.4, 0.5) is 4.79 Å². The Balaban J connectivity index is 1.74. The molecule has 0 aliphatic heterocycles. The number of hydrogen-bond donors (Lipinski definition) is 3. The maximum atomic E-state index is 12.0. The predicted octanol–water partition coefficient (Wildman–Crippen LogP) is 2.35. The fourth-order valence-electron chi connectivity index (χ4n) is 2.14. The van der Waals surface area contributed by atoms with Crippen molar-refractivity contribution in [2.24, 2.45) is 5.73 Å². The van der Waals surface area contributed by atoms with E-state index in [1.807, 2.05) is 48.7 Å². The molecule has 7 heteroatoms. The fraction of sp³-hybridized carbons (Fsp3) is 0.294. The second kappa shape index (κ2) is 8.93. The van der Waals surface area contributed by atoms with E-state index in [4.69, 9.17) is 10.5 Å². The summed E-state index contributed by atoms with van der Waals surface area (Å²) in [5, 5.41) is 7.26. The summed E-state index contributed by atoms with van der Waals surface area (Å²) < 4.78 is 5.55. The number of amides is 3. The first-order valence-corrected chi connectivity index (χ1v) is 8.48. The molecule has 1 aromatic heterocycles. The molecular weight excluding hydrogens is 326 g/mol. The Kier molecular flexibility index (Phi) is 6.62. The van der Waals surface area contributed by atoms with Crippen molar-refractivity contribution in [1.29, 1.82) is 0 Å². The van der Waals surface area contributed by atoms with Gasteiger partial charge in [-0.1, -0.05) is 23.8 Å². The van der Waals surface area contributed by atoms with Crippen molar-refractivity contribution in [3.63, 3.8) is 0 Å². The predicted molar refractivity (Wildman–Crippen MR) is 94.1 cm³/mol. The zero-order valence-corrected chi connectivity index (χ0v) is 14.3. The summed E-state index contributed by atoms with van der Waals surface area (Å²) >= 11 is 1.47. The van der Waals surface area contributed by atoms with Gasteiger partial charge in [-0.25, -0.2) is 4.79 Å². The summed E-state index contributed by atoms with van der Waals surface area (Å²) in [4.78, 5) is 24.0. The maximum Gasteiger partial charge on any atom is 0.312 e. The van der Waals surface area contributed by atoms with Gasteiger partial charge in [-0.05, 0) is 30.5 Å². The summed E-state index contributed by atoms with van der Waals surface area (Å²) in [6.45, 7) is 2.77. The first kappa shape index (κ1) is 17.8. The Morgan fingerprint density at radius 2 is 2.00 bits per heavy atom. The normalized spacial score (nSPS) is 11.5. The fourth-order valence-corrected chi connectivity index (χ4v) is 2.91. The number of aryl methyl sites for hydroxylation is 1. The van der Waals surface area contributed by atoms with Gasteiger partial charge in [-0.15, -0.1) is 11.3 Å². The van der Waals surface area contributed by atoms with Gasteiger partial charge in [-0.2, -0.15) is 0 Å². The average Bonchev–Trinajstić information content (AvgIpc) is 3.06. The summed E-state index contributed by atoms with van der Waals surface area (Å²) in [6, 6.07) is 10.4. The van der Waals surface area contributed by atoms with Crippen molar-refractivity contribution in [3.8, 4) is 5.75 Å². The van der Waals surface area contributed by atoms with E-state index in [-0.39, 0.29) is 12.3 Å². The Labute approximate surface area is 145 Å². The van der Waals surface area contributed by atoms with Gasteiger partial charge in [-0.3, -0.25) is 4.79 Å². The quantitative estimate of drug-likeness (QED) is 0.640. The lowest BCUT2D eigenvalue weighted by Gasteiger charge is -2.16. The zero-order chi connectivity index (χ0) is 17.4. The highest BCUT2D eigenvalue weighted by Gasteiger charge is 2.18. The van der Waals surface area contributed by atoms with E-state index < -0.39 is 12.1 Å². The van der Waals surface area contributed by atoms with Gasteiger partial charge < -0.3 is 21.1 Å². The van der Waals surface area contributed by atoms with Crippen LogP contribution >= 0.6 is 11.3 Å². The average molecular weight is 347 g/mol. The van der Waals surface area contributed by atoms with Crippen LogP contribution in [0.15, 0.2) is 41.8 Å². The van der Waals surface area contributed by atoms with E-state index in [0.29, 0.717) is 13.2 Å². The lowest BCUT2D eigenvalue weighted by Crippen LogP contribution is -2.37. The highest BCUT2D eigenvalue weighted by atomic mass is 32.1. The standard InChI is InChI=1S/C17H21N3O3S/c1-12-4-6-13(7-5-12)23-9-8-19-16(21)11-14(20-17(18)22)15-3-2-10-24-15/h2-7,10,14H,8-9,11H2,1H3,(H,19,21)(H3,18,20,22). The molecule has 3 amide bonds. The molecule has 1 aromatic carbocycles. The Hall–Kier alpha value is -2.54. The van der Waals surface area contributed by atoms with E-state index in [0.717, 1.165) is 16.2 Å². The number of nitrogens with one attached hydrogen (secondary N) is 2. The van der Waals surface area contributed by atoms with E-state index in [1.54, 1.807) is 0 Å². The van der Waals surface area contributed by atoms with Gasteiger partial charge in [0.15, 0.2) is 0 Å². The van der Waals surface area contributed by atoms with Gasteiger partial charge in [0.2, 0.25) is 5.91 Å². The molecule has 0 radical (unpaired) electrons. The SMILES string of the molecule is Cc1ccc(OCCNC(=O)CC(NC(N)=O)c2cccs2)cc1. The number of urea groups is 1. The third-order valence-electron chi connectivity index (χ3n) is 3.31. The highest BCUT2D eigenvalue weighted by Crippen LogP contribution is 2.21. The molecule has 128 valence electrons. The number of nitrogens with two attached hydrogens (primary N) is 1. The van der Waals surface area contributed by atoms with Crippen LogP contribution in [0.25, 0.3) is 0 Å². The molecule has 1 heterocycles. The number of ether oxygens (including phenoxy) is 1. The number of primary amides is 1. The van der Waals surface area contributed by atoms with Crippen molar-refractivity contribution >= 4 is 23.3 Å². The van der Waals surface area contributed by atoms with Crippen LogP contribution in [0.5, 0.6) is 5.75 Å². The molecule has 0 aliphatic rings. The summed E-state index contributed by atoms with van der Waals surface area (Å²) in [6.07, 6.45) is 0.133. The maximum absolute atomic E-state index is 12.0. The van der Waals surface area contributed by atoms with Gasteiger partial charge in [0.25, 0.3) is 0 Å². The molecule has 0 saturated carbocycles. The molecule has 4 N–H and O–H groups in total. The topological polar surface area (TPSA) is 93.4 Å². The minimum absolute atomic E-state index is 0.133. The van der Waals surface area contributed by atoms with Crippen molar-refractivity contribution in [2.75, 3.05) is 13.2 Å². The molecular formula is C17H21N3O3S. The van der Waals surface area contributed by atoms with E-state index in [9.17, 15) is 9.59 Å².